The number of carbonyl (C=O) groups excluding carboxylic acids is 1. The van der Waals surface area contributed by atoms with Gasteiger partial charge in [0, 0.05) is 18.5 Å². The minimum atomic E-state index is -2.89. The van der Waals surface area contributed by atoms with Crippen LogP contribution in [0, 0.1) is 5.41 Å². The molecule has 1 aliphatic carbocycles. The zero-order valence-electron chi connectivity index (χ0n) is 9.19. The summed E-state index contributed by atoms with van der Waals surface area (Å²) in [6, 6.07) is -0.0973. The van der Waals surface area contributed by atoms with E-state index < -0.39 is 9.84 Å². The van der Waals surface area contributed by atoms with E-state index in [9.17, 15) is 13.2 Å². The van der Waals surface area contributed by atoms with Crippen LogP contribution in [-0.4, -0.2) is 43.8 Å². The molecule has 1 atom stereocenters. The molecule has 0 N–H and O–H groups in total. The predicted octanol–water partition coefficient (Wildman–Crippen LogP) is 0.432. The van der Waals surface area contributed by atoms with Crippen LogP contribution in [-0.2, 0) is 14.6 Å². The Kier molecular flexibility index (Phi) is 2.33. The Morgan fingerprint density at radius 3 is 2.40 bits per heavy atom. The van der Waals surface area contributed by atoms with Gasteiger partial charge in [0.25, 0.3) is 0 Å². The highest BCUT2D eigenvalue weighted by atomic mass is 32.2. The molecule has 0 spiro atoms. The zero-order valence-corrected chi connectivity index (χ0v) is 10.0. The number of carbonyl (C=O) groups is 1. The highest BCUT2D eigenvalue weighted by Gasteiger charge is 2.48. The highest BCUT2D eigenvalue weighted by Crippen LogP contribution is 2.46. The van der Waals surface area contributed by atoms with Gasteiger partial charge < -0.3 is 4.90 Å². The Labute approximate surface area is 90.6 Å². The number of hydrogen-bond donors (Lipinski definition) is 0. The molecule has 0 radical (unpaired) electrons. The standard InChI is InChI=1S/C10H17NO3S/c1-10(4-5-10)9(12)11(2)8-3-6-15(13,14)7-8/h8H,3-7H2,1-2H3. The first-order valence-corrected chi connectivity index (χ1v) is 7.14. The Morgan fingerprint density at radius 1 is 1.40 bits per heavy atom. The van der Waals surface area contributed by atoms with Gasteiger partial charge in [0.1, 0.15) is 0 Å². The largest absolute Gasteiger partial charge is 0.341 e. The average Bonchev–Trinajstić information content (AvgIpc) is 2.80. The second-order valence-electron chi connectivity index (χ2n) is 5.03. The summed E-state index contributed by atoms with van der Waals surface area (Å²) in [5, 5.41) is 0. The quantitative estimate of drug-likeness (QED) is 0.692. The summed E-state index contributed by atoms with van der Waals surface area (Å²) in [5.41, 5.74) is -0.193. The molecule has 86 valence electrons. The molecule has 2 fully saturated rings. The van der Waals surface area contributed by atoms with Crippen molar-refractivity contribution in [3.63, 3.8) is 0 Å². The summed E-state index contributed by atoms with van der Waals surface area (Å²) < 4.78 is 22.6. The monoisotopic (exact) mass is 231 g/mol. The van der Waals surface area contributed by atoms with Crippen molar-refractivity contribution in [3.05, 3.63) is 0 Å². The lowest BCUT2D eigenvalue weighted by atomic mass is 10.1. The van der Waals surface area contributed by atoms with Crippen molar-refractivity contribution in [1.82, 2.24) is 4.90 Å². The van der Waals surface area contributed by atoms with Crippen molar-refractivity contribution in [2.45, 2.75) is 32.2 Å². The lowest BCUT2D eigenvalue weighted by Crippen LogP contribution is -2.41. The van der Waals surface area contributed by atoms with Gasteiger partial charge in [0.2, 0.25) is 5.91 Å². The van der Waals surface area contributed by atoms with Gasteiger partial charge in [0.05, 0.1) is 11.5 Å². The van der Waals surface area contributed by atoms with Gasteiger partial charge in [-0.25, -0.2) is 8.42 Å². The first kappa shape index (κ1) is 10.9. The Morgan fingerprint density at radius 2 is 2.00 bits per heavy atom. The first-order chi connectivity index (χ1) is 6.84. The van der Waals surface area contributed by atoms with E-state index in [1.165, 1.54) is 0 Å². The van der Waals surface area contributed by atoms with Crippen LogP contribution in [0.15, 0.2) is 0 Å². The van der Waals surface area contributed by atoms with Gasteiger partial charge in [-0.05, 0) is 19.3 Å². The van der Waals surface area contributed by atoms with E-state index >= 15 is 0 Å². The third kappa shape index (κ3) is 2.02. The van der Waals surface area contributed by atoms with Crippen molar-refractivity contribution in [1.29, 1.82) is 0 Å². The van der Waals surface area contributed by atoms with E-state index in [1.54, 1.807) is 11.9 Å². The fraction of sp³-hybridized carbons (Fsp3) is 0.900. The van der Waals surface area contributed by atoms with Crippen LogP contribution in [0.25, 0.3) is 0 Å². The van der Waals surface area contributed by atoms with Crippen LogP contribution < -0.4 is 0 Å². The summed E-state index contributed by atoms with van der Waals surface area (Å²) in [5.74, 6) is 0.488. The lowest BCUT2D eigenvalue weighted by molar-refractivity contribution is -0.136. The molecule has 2 rings (SSSR count). The molecule has 1 heterocycles. The Hall–Kier alpha value is -0.580. The Balaban J connectivity index is 2.03. The minimum absolute atomic E-state index is 0.0973. The van der Waals surface area contributed by atoms with Crippen LogP contribution >= 0.6 is 0 Å². The highest BCUT2D eigenvalue weighted by molar-refractivity contribution is 7.91. The molecule has 1 unspecified atom stereocenters. The van der Waals surface area contributed by atoms with E-state index in [0.29, 0.717) is 6.42 Å². The number of nitrogens with zero attached hydrogens (tertiary/aromatic N) is 1. The summed E-state index contributed by atoms with van der Waals surface area (Å²) >= 11 is 0. The van der Waals surface area contributed by atoms with Crippen LogP contribution in [0.3, 0.4) is 0 Å². The van der Waals surface area contributed by atoms with Gasteiger partial charge in [-0.2, -0.15) is 0 Å². The van der Waals surface area contributed by atoms with Gasteiger partial charge in [-0.15, -0.1) is 0 Å². The topological polar surface area (TPSA) is 54.5 Å². The zero-order chi connectivity index (χ0) is 11.3. The second kappa shape index (κ2) is 3.20. The third-order valence-electron chi connectivity index (χ3n) is 3.59. The molecule has 2 aliphatic rings. The predicted molar refractivity (Wildman–Crippen MR) is 57.2 cm³/mol. The molecule has 1 saturated carbocycles. The minimum Gasteiger partial charge on any atom is -0.341 e. The maximum atomic E-state index is 12.0. The van der Waals surface area contributed by atoms with E-state index in [-0.39, 0.29) is 28.9 Å². The smallest absolute Gasteiger partial charge is 0.228 e. The second-order valence-corrected chi connectivity index (χ2v) is 7.26. The van der Waals surface area contributed by atoms with Gasteiger partial charge >= 0.3 is 0 Å². The molecule has 15 heavy (non-hydrogen) atoms. The SMILES string of the molecule is CN(C(=O)C1(C)CC1)C1CCS(=O)(=O)C1. The molecule has 1 aliphatic heterocycles. The van der Waals surface area contributed by atoms with Crippen molar-refractivity contribution in [2.75, 3.05) is 18.6 Å². The number of sulfone groups is 1. The average molecular weight is 231 g/mol. The molecular formula is C10H17NO3S. The maximum Gasteiger partial charge on any atom is 0.228 e. The van der Waals surface area contributed by atoms with Crippen LogP contribution in [0.5, 0.6) is 0 Å². The molecule has 0 aromatic rings. The van der Waals surface area contributed by atoms with Gasteiger partial charge in [-0.3, -0.25) is 4.79 Å². The molecule has 1 amide bonds. The molecule has 0 aromatic carbocycles. The van der Waals surface area contributed by atoms with Gasteiger partial charge in [-0.1, -0.05) is 6.92 Å². The van der Waals surface area contributed by atoms with E-state index in [0.717, 1.165) is 12.8 Å². The van der Waals surface area contributed by atoms with Crippen molar-refractivity contribution >= 4 is 15.7 Å². The molecule has 1 saturated heterocycles. The van der Waals surface area contributed by atoms with Crippen molar-refractivity contribution in [3.8, 4) is 0 Å². The third-order valence-corrected chi connectivity index (χ3v) is 5.34. The number of rotatable bonds is 2. The van der Waals surface area contributed by atoms with Crippen molar-refractivity contribution < 1.29 is 13.2 Å². The number of amides is 1. The molecule has 0 aromatic heterocycles. The van der Waals surface area contributed by atoms with Crippen LogP contribution in [0.4, 0.5) is 0 Å². The lowest BCUT2D eigenvalue weighted by Gasteiger charge is -2.26. The molecular weight excluding hydrogens is 214 g/mol. The summed E-state index contributed by atoms with van der Waals surface area (Å²) in [6.45, 7) is 1.95. The summed E-state index contributed by atoms with van der Waals surface area (Å²) in [7, 11) is -1.16. The van der Waals surface area contributed by atoms with Crippen LogP contribution in [0.2, 0.25) is 0 Å². The molecule has 4 nitrogen and oxygen atoms in total. The normalized spacial score (nSPS) is 31.2. The van der Waals surface area contributed by atoms with Crippen molar-refractivity contribution in [2.24, 2.45) is 5.41 Å². The molecule has 5 heteroatoms. The maximum absolute atomic E-state index is 12.0. The van der Waals surface area contributed by atoms with Crippen LogP contribution in [0.1, 0.15) is 26.2 Å². The van der Waals surface area contributed by atoms with E-state index in [1.807, 2.05) is 6.92 Å². The van der Waals surface area contributed by atoms with E-state index in [4.69, 9.17) is 0 Å². The Bertz CT molecular complexity index is 383. The number of hydrogen-bond acceptors (Lipinski definition) is 3. The van der Waals surface area contributed by atoms with E-state index in [2.05, 4.69) is 0 Å². The fourth-order valence-electron chi connectivity index (χ4n) is 2.07. The fourth-order valence-corrected chi connectivity index (χ4v) is 3.85. The van der Waals surface area contributed by atoms with Gasteiger partial charge in [0.15, 0.2) is 9.84 Å². The first-order valence-electron chi connectivity index (χ1n) is 5.32. The summed E-state index contributed by atoms with van der Waals surface area (Å²) in [6.07, 6.45) is 2.48. The molecule has 0 bridgehead atoms. The summed E-state index contributed by atoms with van der Waals surface area (Å²) in [4.78, 5) is 13.6.